The fourth-order valence-electron chi connectivity index (χ4n) is 0.851. The first-order valence-corrected chi connectivity index (χ1v) is 5.94. The predicted octanol–water partition coefficient (Wildman–Crippen LogP) is 1.82. The second-order valence-corrected chi connectivity index (χ2v) is 5.02. The van der Waals surface area contributed by atoms with Crippen LogP contribution < -0.4 is 0 Å². The highest BCUT2D eigenvalue weighted by Crippen LogP contribution is 2.01. The van der Waals surface area contributed by atoms with Crippen molar-refractivity contribution in [1.82, 2.24) is 0 Å². The Morgan fingerprint density at radius 2 is 1.82 bits per heavy atom. The molecule has 0 amide bonds. The summed E-state index contributed by atoms with van der Waals surface area (Å²) in [5, 5.41) is 0. The summed E-state index contributed by atoms with van der Waals surface area (Å²) < 4.78 is 21.8. The Morgan fingerprint density at radius 1 is 1.18 bits per heavy atom. The van der Waals surface area contributed by atoms with E-state index in [9.17, 15) is 8.42 Å². The molecule has 0 aliphatic heterocycles. The van der Waals surface area contributed by atoms with Gasteiger partial charge < -0.3 is 0 Å². The maximum atomic E-state index is 10.9. The van der Waals surface area contributed by atoms with E-state index in [1.165, 1.54) is 0 Å². The van der Waals surface area contributed by atoms with Crippen LogP contribution in [0.4, 0.5) is 0 Å². The van der Waals surface area contributed by atoms with E-state index >= 15 is 0 Å². The SMILES string of the molecule is [CH2]CS(=O)(=O)CCCCCC. The Hall–Kier alpha value is -0.0500. The summed E-state index contributed by atoms with van der Waals surface area (Å²) >= 11 is 0. The van der Waals surface area contributed by atoms with Gasteiger partial charge in [-0.05, 0) is 13.3 Å². The molecule has 0 N–H and O–H groups in total. The van der Waals surface area contributed by atoms with Gasteiger partial charge in [-0.15, -0.1) is 0 Å². The largest absolute Gasteiger partial charge is 0.229 e. The third-order valence-corrected chi connectivity index (χ3v) is 3.15. The van der Waals surface area contributed by atoms with Crippen molar-refractivity contribution >= 4 is 9.84 Å². The number of hydrogen-bond donors (Lipinski definition) is 0. The van der Waals surface area contributed by atoms with Gasteiger partial charge in [0.05, 0.1) is 11.5 Å². The normalized spacial score (nSPS) is 11.8. The van der Waals surface area contributed by atoms with Gasteiger partial charge in [0, 0.05) is 0 Å². The minimum absolute atomic E-state index is 0.0408. The molecule has 2 nitrogen and oxygen atoms in total. The summed E-state index contributed by atoms with van der Waals surface area (Å²) in [5.74, 6) is 0.357. The Labute approximate surface area is 69.9 Å². The van der Waals surface area contributed by atoms with E-state index in [0.29, 0.717) is 5.75 Å². The van der Waals surface area contributed by atoms with Gasteiger partial charge in [-0.1, -0.05) is 26.2 Å². The van der Waals surface area contributed by atoms with Crippen LogP contribution in [-0.4, -0.2) is 19.9 Å². The topological polar surface area (TPSA) is 34.1 Å². The molecule has 11 heavy (non-hydrogen) atoms. The van der Waals surface area contributed by atoms with E-state index in [0.717, 1.165) is 25.7 Å². The molecule has 0 bridgehead atoms. The van der Waals surface area contributed by atoms with E-state index in [4.69, 9.17) is 0 Å². The van der Waals surface area contributed by atoms with Crippen molar-refractivity contribution in [3.63, 3.8) is 0 Å². The van der Waals surface area contributed by atoms with Crippen molar-refractivity contribution in [1.29, 1.82) is 0 Å². The van der Waals surface area contributed by atoms with Crippen LogP contribution in [0.3, 0.4) is 0 Å². The zero-order valence-corrected chi connectivity index (χ0v) is 7.99. The first-order chi connectivity index (χ1) is 5.12. The van der Waals surface area contributed by atoms with Crippen molar-refractivity contribution in [2.45, 2.75) is 32.6 Å². The standard InChI is InChI=1S/C8H17O2S/c1-3-5-6-7-8-11(9,10)4-2/h2-8H2,1H3. The molecule has 0 aliphatic rings. The molecule has 1 radical (unpaired) electrons. The van der Waals surface area contributed by atoms with E-state index in [1.54, 1.807) is 0 Å². The Bertz CT molecular complexity index is 171. The lowest BCUT2D eigenvalue weighted by Gasteiger charge is -1.99. The van der Waals surface area contributed by atoms with Crippen molar-refractivity contribution in [3.8, 4) is 0 Å². The van der Waals surface area contributed by atoms with Gasteiger partial charge in [-0.25, -0.2) is 8.42 Å². The molecule has 0 aromatic rings. The summed E-state index contributed by atoms with van der Waals surface area (Å²) in [4.78, 5) is 0. The second kappa shape index (κ2) is 5.58. The monoisotopic (exact) mass is 177 g/mol. The number of unbranched alkanes of at least 4 members (excludes halogenated alkanes) is 3. The van der Waals surface area contributed by atoms with Crippen molar-refractivity contribution in [3.05, 3.63) is 6.92 Å². The lowest BCUT2D eigenvalue weighted by Crippen LogP contribution is -2.08. The Balaban J connectivity index is 3.39. The summed E-state index contributed by atoms with van der Waals surface area (Å²) in [6.07, 6.45) is 4.10. The smallest absolute Gasteiger partial charge is 0.150 e. The molecular weight excluding hydrogens is 160 g/mol. The van der Waals surface area contributed by atoms with E-state index in [2.05, 4.69) is 13.8 Å². The fourth-order valence-corrected chi connectivity index (χ4v) is 1.70. The van der Waals surface area contributed by atoms with Crippen LogP contribution in [0.15, 0.2) is 0 Å². The molecule has 0 unspecified atom stereocenters. The molecule has 0 atom stereocenters. The minimum Gasteiger partial charge on any atom is -0.229 e. The lowest BCUT2D eigenvalue weighted by molar-refractivity contribution is 0.591. The predicted molar refractivity (Wildman–Crippen MR) is 48.2 cm³/mol. The van der Waals surface area contributed by atoms with Crippen LogP contribution in [0.1, 0.15) is 32.6 Å². The van der Waals surface area contributed by atoms with E-state index < -0.39 is 9.84 Å². The average Bonchev–Trinajstić information content (AvgIpc) is 1.99. The molecule has 0 rings (SSSR count). The highest BCUT2D eigenvalue weighted by Gasteiger charge is 2.05. The maximum absolute atomic E-state index is 10.9. The Morgan fingerprint density at radius 3 is 2.27 bits per heavy atom. The van der Waals surface area contributed by atoms with E-state index in [-0.39, 0.29) is 5.75 Å². The van der Waals surface area contributed by atoms with Crippen LogP contribution >= 0.6 is 0 Å². The molecule has 0 saturated heterocycles. The van der Waals surface area contributed by atoms with Gasteiger partial charge in [0.25, 0.3) is 0 Å². The zero-order valence-electron chi connectivity index (χ0n) is 7.17. The average molecular weight is 177 g/mol. The van der Waals surface area contributed by atoms with Crippen molar-refractivity contribution in [2.24, 2.45) is 0 Å². The molecular formula is C8H17O2S. The van der Waals surface area contributed by atoms with Crippen molar-refractivity contribution in [2.75, 3.05) is 11.5 Å². The summed E-state index contributed by atoms with van der Waals surface area (Å²) in [6.45, 7) is 5.48. The first-order valence-electron chi connectivity index (χ1n) is 4.12. The molecule has 3 heteroatoms. The van der Waals surface area contributed by atoms with Crippen LogP contribution in [0.2, 0.25) is 0 Å². The number of sulfone groups is 1. The second-order valence-electron chi connectivity index (χ2n) is 2.71. The first kappa shape index (κ1) is 11.0. The van der Waals surface area contributed by atoms with Gasteiger partial charge in [-0.2, -0.15) is 0 Å². The van der Waals surface area contributed by atoms with Crippen LogP contribution in [0.5, 0.6) is 0 Å². The molecule has 0 fully saturated rings. The molecule has 0 aliphatic carbocycles. The summed E-state index contributed by atoms with van der Waals surface area (Å²) in [6, 6.07) is 0. The highest BCUT2D eigenvalue weighted by atomic mass is 32.2. The van der Waals surface area contributed by atoms with Crippen LogP contribution in [0, 0.1) is 6.92 Å². The minimum atomic E-state index is -2.81. The highest BCUT2D eigenvalue weighted by molar-refractivity contribution is 7.91. The van der Waals surface area contributed by atoms with Gasteiger partial charge in [0.15, 0.2) is 0 Å². The molecule has 0 aromatic carbocycles. The zero-order chi connectivity index (χ0) is 8.74. The lowest BCUT2D eigenvalue weighted by atomic mass is 10.2. The van der Waals surface area contributed by atoms with Gasteiger partial charge in [0.2, 0.25) is 0 Å². The quantitative estimate of drug-likeness (QED) is 0.580. The van der Waals surface area contributed by atoms with Crippen molar-refractivity contribution < 1.29 is 8.42 Å². The number of rotatable bonds is 6. The maximum Gasteiger partial charge on any atom is 0.150 e. The molecule has 0 heterocycles. The summed E-state index contributed by atoms with van der Waals surface area (Å²) in [5.41, 5.74) is 0. The third-order valence-electron chi connectivity index (χ3n) is 1.62. The van der Waals surface area contributed by atoms with Gasteiger partial charge in [-0.3, -0.25) is 0 Å². The summed E-state index contributed by atoms with van der Waals surface area (Å²) in [7, 11) is -2.81. The van der Waals surface area contributed by atoms with E-state index in [1.807, 2.05) is 0 Å². The molecule has 0 saturated carbocycles. The van der Waals surface area contributed by atoms with Crippen LogP contribution in [-0.2, 0) is 9.84 Å². The molecule has 0 aromatic heterocycles. The van der Waals surface area contributed by atoms with Gasteiger partial charge in [0.1, 0.15) is 9.84 Å². The van der Waals surface area contributed by atoms with Crippen LogP contribution in [0.25, 0.3) is 0 Å². The fraction of sp³-hybridized carbons (Fsp3) is 0.875. The van der Waals surface area contributed by atoms with Gasteiger partial charge >= 0.3 is 0 Å². The number of hydrogen-bond acceptors (Lipinski definition) is 2. The molecule has 0 spiro atoms. The molecule has 67 valence electrons. The third kappa shape index (κ3) is 6.35. The Kier molecular flexibility index (Phi) is 5.56.